The molecule has 2 N–H and O–H groups in total. The fraction of sp³-hybridized carbons (Fsp3) is 0.900. The lowest BCUT2D eigenvalue weighted by Crippen LogP contribution is -1.97. The number of rotatable bonds is 17. The molecule has 0 rings (SSSR count). The van der Waals surface area contributed by atoms with E-state index in [9.17, 15) is 0 Å². The normalized spacial score (nSPS) is 11.5. The molecule has 0 atom stereocenters. The number of allylic oxidation sites excluding steroid dienone is 2. The third kappa shape index (κ3) is 19.7. The van der Waals surface area contributed by atoms with Gasteiger partial charge in [-0.25, -0.2) is 0 Å². The summed E-state index contributed by atoms with van der Waals surface area (Å²) in [7, 11) is 0. The molecule has 0 aromatic heterocycles. The number of hydrogen-bond donors (Lipinski definition) is 1. The fourth-order valence-electron chi connectivity index (χ4n) is 2.75. The molecule has 1 nitrogen and oxygen atoms in total. The predicted molar refractivity (Wildman–Crippen MR) is 97.7 cm³/mol. The second-order valence-electron chi connectivity index (χ2n) is 6.43. The average Bonchev–Trinajstić information content (AvgIpc) is 2.50. The van der Waals surface area contributed by atoms with Crippen LogP contribution in [0.1, 0.15) is 110 Å². The van der Waals surface area contributed by atoms with Gasteiger partial charge in [-0.05, 0) is 38.6 Å². The molecule has 0 saturated heterocycles. The largest absolute Gasteiger partial charge is 0.330 e. The van der Waals surface area contributed by atoms with Crippen molar-refractivity contribution in [3.05, 3.63) is 12.2 Å². The summed E-state index contributed by atoms with van der Waals surface area (Å²) >= 11 is 0. The van der Waals surface area contributed by atoms with E-state index in [4.69, 9.17) is 5.73 Å². The Balaban J connectivity index is 2.99. The van der Waals surface area contributed by atoms with E-state index in [0.717, 1.165) is 6.54 Å². The van der Waals surface area contributed by atoms with Gasteiger partial charge in [-0.15, -0.1) is 0 Å². The first-order valence-electron chi connectivity index (χ1n) is 9.77. The van der Waals surface area contributed by atoms with Gasteiger partial charge in [0.15, 0.2) is 0 Å². The summed E-state index contributed by atoms with van der Waals surface area (Å²) in [6, 6.07) is 0. The van der Waals surface area contributed by atoms with Gasteiger partial charge in [0.1, 0.15) is 0 Å². The van der Waals surface area contributed by atoms with Crippen molar-refractivity contribution in [3.63, 3.8) is 0 Å². The molecule has 0 aromatic rings. The molecule has 0 aliphatic carbocycles. The zero-order valence-electron chi connectivity index (χ0n) is 14.8. The van der Waals surface area contributed by atoms with Gasteiger partial charge in [0, 0.05) is 0 Å². The van der Waals surface area contributed by atoms with Crippen LogP contribution in [-0.2, 0) is 0 Å². The summed E-state index contributed by atoms with van der Waals surface area (Å²) in [5, 5.41) is 0. The van der Waals surface area contributed by atoms with Crippen molar-refractivity contribution in [1.82, 2.24) is 0 Å². The van der Waals surface area contributed by atoms with Crippen LogP contribution in [-0.4, -0.2) is 6.54 Å². The lowest BCUT2D eigenvalue weighted by molar-refractivity contribution is 0.547. The van der Waals surface area contributed by atoms with Crippen molar-refractivity contribution < 1.29 is 0 Å². The Morgan fingerprint density at radius 2 is 0.905 bits per heavy atom. The number of nitrogens with two attached hydrogens (primary N) is 1. The van der Waals surface area contributed by atoms with Gasteiger partial charge in [0.05, 0.1) is 0 Å². The summed E-state index contributed by atoms with van der Waals surface area (Å²) in [6.07, 6.45) is 26.9. The molecule has 0 saturated carbocycles. The van der Waals surface area contributed by atoms with E-state index in [1.807, 2.05) is 0 Å². The summed E-state index contributed by atoms with van der Waals surface area (Å²) in [5.41, 5.74) is 5.49. The molecule has 0 heterocycles. The molecule has 0 aliphatic heterocycles. The lowest BCUT2D eigenvalue weighted by atomic mass is 10.0. The maximum atomic E-state index is 5.49. The SMILES string of the molecule is CCCCCC=CCCCCCCCCCCCCCN. The Hall–Kier alpha value is -0.300. The van der Waals surface area contributed by atoms with Crippen molar-refractivity contribution in [2.45, 2.75) is 110 Å². The van der Waals surface area contributed by atoms with E-state index in [1.165, 1.54) is 103 Å². The first-order valence-corrected chi connectivity index (χ1v) is 9.77. The van der Waals surface area contributed by atoms with Crippen LogP contribution in [0.4, 0.5) is 0 Å². The molecule has 21 heavy (non-hydrogen) atoms. The van der Waals surface area contributed by atoms with E-state index in [2.05, 4.69) is 19.1 Å². The van der Waals surface area contributed by atoms with Crippen LogP contribution in [0.15, 0.2) is 12.2 Å². The topological polar surface area (TPSA) is 26.0 Å². The molecular formula is C20H41N. The first kappa shape index (κ1) is 20.7. The minimum Gasteiger partial charge on any atom is -0.330 e. The van der Waals surface area contributed by atoms with Crippen molar-refractivity contribution in [2.24, 2.45) is 5.73 Å². The Morgan fingerprint density at radius 3 is 1.33 bits per heavy atom. The first-order chi connectivity index (χ1) is 10.4. The Labute approximate surface area is 134 Å². The molecule has 0 spiro atoms. The predicted octanol–water partition coefficient (Wildman–Crippen LogP) is 6.76. The maximum Gasteiger partial charge on any atom is -0.00773 e. The average molecular weight is 296 g/mol. The third-order valence-corrected chi connectivity index (χ3v) is 4.22. The molecular weight excluding hydrogens is 254 g/mol. The van der Waals surface area contributed by atoms with Crippen LogP contribution >= 0.6 is 0 Å². The second kappa shape index (κ2) is 19.7. The highest BCUT2D eigenvalue weighted by Gasteiger charge is 1.93. The third-order valence-electron chi connectivity index (χ3n) is 4.22. The van der Waals surface area contributed by atoms with Crippen LogP contribution in [0.25, 0.3) is 0 Å². The summed E-state index contributed by atoms with van der Waals surface area (Å²) in [6.45, 7) is 3.14. The van der Waals surface area contributed by atoms with Crippen LogP contribution in [0, 0.1) is 0 Å². The Morgan fingerprint density at radius 1 is 0.524 bits per heavy atom. The molecule has 0 unspecified atom stereocenters. The van der Waals surface area contributed by atoms with Crippen LogP contribution < -0.4 is 5.73 Å². The van der Waals surface area contributed by atoms with Gasteiger partial charge in [-0.1, -0.05) is 89.7 Å². The standard InChI is InChI=1S/C20H41N/c1-2-3-4-5-6-7-8-9-10-11-12-13-14-15-16-17-18-19-20-21/h6-7H,2-5,8-21H2,1H3. The van der Waals surface area contributed by atoms with Crippen LogP contribution in [0.5, 0.6) is 0 Å². The summed E-state index contributed by atoms with van der Waals surface area (Å²) < 4.78 is 0. The molecule has 1 heteroatoms. The van der Waals surface area contributed by atoms with Gasteiger partial charge in [-0.2, -0.15) is 0 Å². The van der Waals surface area contributed by atoms with E-state index in [1.54, 1.807) is 0 Å². The number of unbranched alkanes of at least 4 members (excludes halogenated alkanes) is 14. The van der Waals surface area contributed by atoms with Crippen molar-refractivity contribution in [1.29, 1.82) is 0 Å². The van der Waals surface area contributed by atoms with Gasteiger partial charge in [0.2, 0.25) is 0 Å². The van der Waals surface area contributed by atoms with Gasteiger partial charge in [0.25, 0.3) is 0 Å². The zero-order valence-corrected chi connectivity index (χ0v) is 14.8. The van der Waals surface area contributed by atoms with Gasteiger partial charge in [-0.3, -0.25) is 0 Å². The van der Waals surface area contributed by atoms with Gasteiger partial charge >= 0.3 is 0 Å². The minimum atomic E-state index is 0.869. The smallest absolute Gasteiger partial charge is 0.00773 e. The molecule has 0 amide bonds. The minimum absolute atomic E-state index is 0.869. The molecule has 0 aromatic carbocycles. The van der Waals surface area contributed by atoms with Crippen LogP contribution in [0.2, 0.25) is 0 Å². The van der Waals surface area contributed by atoms with Crippen molar-refractivity contribution in [2.75, 3.05) is 6.54 Å². The summed E-state index contributed by atoms with van der Waals surface area (Å²) in [5.74, 6) is 0. The fourth-order valence-corrected chi connectivity index (χ4v) is 2.75. The molecule has 126 valence electrons. The highest BCUT2D eigenvalue weighted by Crippen LogP contribution is 2.12. The quantitative estimate of drug-likeness (QED) is 0.233. The van der Waals surface area contributed by atoms with Gasteiger partial charge < -0.3 is 5.73 Å². The van der Waals surface area contributed by atoms with E-state index < -0.39 is 0 Å². The molecule has 0 aliphatic rings. The van der Waals surface area contributed by atoms with E-state index in [-0.39, 0.29) is 0 Å². The molecule has 0 fully saturated rings. The van der Waals surface area contributed by atoms with Crippen molar-refractivity contribution >= 4 is 0 Å². The zero-order chi connectivity index (χ0) is 15.4. The Bertz CT molecular complexity index is 198. The maximum absolute atomic E-state index is 5.49. The number of hydrogen-bond acceptors (Lipinski definition) is 1. The van der Waals surface area contributed by atoms with Crippen LogP contribution in [0.3, 0.4) is 0 Å². The van der Waals surface area contributed by atoms with Crippen molar-refractivity contribution in [3.8, 4) is 0 Å². The highest BCUT2D eigenvalue weighted by atomic mass is 14.5. The van der Waals surface area contributed by atoms with E-state index in [0.29, 0.717) is 0 Å². The molecule has 0 radical (unpaired) electrons. The van der Waals surface area contributed by atoms with E-state index >= 15 is 0 Å². The second-order valence-corrected chi connectivity index (χ2v) is 6.43. The summed E-state index contributed by atoms with van der Waals surface area (Å²) in [4.78, 5) is 0. The Kier molecular flexibility index (Phi) is 19.4. The monoisotopic (exact) mass is 295 g/mol. The highest BCUT2D eigenvalue weighted by molar-refractivity contribution is 4.81. The molecule has 0 bridgehead atoms. The lowest BCUT2D eigenvalue weighted by Gasteiger charge is -2.02.